The molecule has 1 fully saturated rings. The van der Waals surface area contributed by atoms with Gasteiger partial charge in [0, 0.05) is 23.7 Å². The molecule has 0 aromatic heterocycles. The van der Waals surface area contributed by atoms with Gasteiger partial charge in [-0.25, -0.2) is 15.4 Å². The lowest BCUT2D eigenvalue weighted by Crippen LogP contribution is -2.39. The van der Waals surface area contributed by atoms with E-state index in [1.165, 1.54) is 12.1 Å². The maximum atomic E-state index is 13.9. The molecule has 0 N–H and O–H groups in total. The van der Waals surface area contributed by atoms with E-state index in [0.29, 0.717) is 18.7 Å². The molecule has 0 amide bonds. The molecule has 1 unspecified atom stereocenters. The summed E-state index contributed by atoms with van der Waals surface area (Å²) in [5.41, 5.74) is 0.405. The van der Waals surface area contributed by atoms with Gasteiger partial charge in [0.25, 0.3) is 0 Å². The Balaban J connectivity index is 2.31. The van der Waals surface area contributed by atoms with Crippen molar-refractivity contribution in [2.75, 3.05) is 13.1 Å². The Kier molecular flexibility index (Phi) is 3.60. The minimum Gasteiger partial charge on any atom is -0.312 e. The van der Waals surface area contributed by atoms with Crippen LogP contribution in [0.25, 0.3) is 4.85 Å². The summed E-state index contributed by atoms with van der Waals surface area (Å²) in [6.07, 6.45) is 0. The van der Waals surface area contributed by atoms with E-state index in [-0.39, 0.29) is 17.5 Å². The van der Waals surface area contributed by atoms with Crippen molar-refractivity contribution in [2.45, 2.75) is 38.3 Å². The number of rotatable bonds is 1. The molecule has 1 aromatic rings. The third-order valence-corrected chi connectivity index (χ3v) is 3.77. The van der Waals surface area contributed by atoms with Gasteiger partial charge in [-0.15, -0.1) is 0 Å². The van der Waals surface area contributed by atoms with Gasteiger partial charge < -0.3 is 4.85 Å². The summed E-state index contributed by atoms with van der Waals surface area (Å²) < 4.78 is 26.8. The van der Waals surface area contributed by atoms with Gasteiger partial charge in [-0.1, -0.05) is 6.07 Å². The van der Waals surface area contributed by atoms with Gasteiger partial charge in [-0.2, -0.15) is 0 Å². The number of halogens is 2. The first-order chi connectivity index (χ1) is 8.82. The van der Waals surface area contributed by atoms with Gasteiger partial charge in [-0.05, 0) is 26.8 Å². The summed E-state index contributed by atoms with van der Waals surface area (Å²) in [5.74, 6) is -1.31. The highest BCUT2D eigenvalue weighted by Crippen LogP contribution is 2.35. The van der Waals surface area contributed by atoms with Crippen LogP contribution in [0.2, 0.25) is 0 Å². The molecule has 2 rings (SSSR count). The second-order valence-electron chi connectivity index (χ2n) is 6.04. The SMILES string of the molecule is [C-]#[N+]C1CN(C(C)(C)C)C[C@H]1c1ccc(F)cc1F. The summed E-state index contributed by atoms with van der Waals surface area (Å²) in [7, 11) is 0. The number of nitrogens with zero attached hydrogens (tertiary/aromatic N) is 2. The Morgan fingerprint density at radius 2 is 1.95 bits per heavy atom. The lowest BCUT2D eigenvalue weighted by Gasteiger charge is -2.30. The molecule has 4 heteroatoms. The van der Waals surface area contributed by atoms with Crippen LogP contribution in [-0.2, 0) is 0 Å². The lowest BCUT2D eigenvalue weighted by molar-refractivity contribution is 0.172. The van der Waals surface area contributed by atoms with Crippen molar-refractivity contribution in [3.8, 4) is 0 Å². The molecule has 0 aliphatic carbocycles. The second kappa shape index (κ2) is 4.90. The van der Waals surface area contributed by atoms with Crippen LogP contribution >= 0.6 is 0 Å². The number of hydrogen-bond donors (Lipinski definition) is 0. The molecule has 2 nitrogen and oxygen atoms in total. The summed E-state index contributed by atoms with van der Waals surface area (Å²) in [6.45, 7) is 14.8. The highest BCUT2D eigenvalue weighted by Gasteiger charge is 2.43. The number of benzene rings is 1. The monoisotopic (exact) mass is 264 g/mol. The molecule has 1 aromatic carbocycles. The van der Waals surface area contributed by atoms with E-state index in [1.54, 1.807) is 0 Å². The molecular formula is C15H18F2N2. The Hall–Kier alpha value is -1.47. The van der Waals surface area contributed by atoms with Gasteiger partial charge in [0.1, 0.15) is 11.6 Å². The van der Waals surface area contributed by atoms with Crippen molar-refractivity contribution in [2.24, 2.45) is 0 Å². The van der Waals surface area contributed by atoms with Crippen molar-refractivity contribution in [1.82, 2.24) is 4.90 Å². The highest BCUT2D eigenvalue weighted by atomic mass is 19.1. The first-order valence-electron chi connectivity index (χ1n) is 6.39. The topological polar surface area (TPSA) is 7.60 Å². The van der Waals surface area contributed by atoms with E-state index in [2.05, 4.69) is 30.5 Å². The van der Waals surface area contributed by atoms with Crippen molar-refractivity contribution in [3.63, 3.8) is 0 Å². The number of hydrogen-bond acceptors (Lipinski definition) is 1. The molecule has 1 saturated heterocycles. The molecule has 1 aliphatic rings. The van der Waals surface area contributed by atoms with Gasteiger partial charge in [0.2, 0.25) is 6.04 Å². The molecule has 1 heterocycles. The predicted octanol–water partition coefficient (Wildman–Crippen LogP) is 3.45. The Bertz CT molecular complexity index is 514. The molecule has 0 radical (unpaired) electrons. The summed E-state index contributed by atoms with van der Waals surface area (Å²) in [5, 5.41) is 0. The normalized spacial score (nSPS) is 24.4. The van der Waals surface area contributed by atoms with Crippen LogP contribution in [-0.4, -0.2) is 29.6 Å². The second-order valence-corrected chi connectivity index (χ2v) is 6.04. The molecule has 0 spiro atoms. The van der Waals surface area contributed by atoms with Gasteiger partial charge in [-0.3, -0.25) is 4.90 Å². The highest BCUT2D eigenvalue weighted by molar-refractivity contribution is 5.28. The summed E-state index contributed by atoms with van der Waals surface area (Å²) in [4.78, 5) is 5.80. The zero-order chi connectivity index (χ0) is 14.2. The summed E-state index contributed by atoms with van der Waals surface area (Å²) in [6, 6.07) is 3.37. The molecule has 0 saturated carbocycles. The maximum absolute atomic E-state index is 13.9. The van der Waals surface area contributed by atoms with Gasteiger partial charge >= 0.3 is 0 Å². The fourth-order valence-corrected chi connectivity index (χ4v) is 2.57. The average Bonchev–Trinajstić information content (AvgIpc) is 2.72. The number of likely N-dealkylation sites (tertiary alicyclic amines) is 1. The summed E-state index contributed by atoms with van der Waals surface area (Å²) >= 11 is 0. The van der Waals surface area contributed by atoms with E-state index >= 15 is 0 Å². The van der Waals surface area contributed by atoms with Crippen LogP contribution in [0, 0.1) is 18.2 Å². The smallest absolute Gasteiger partial charge is 0.244 e. The van der Waals surface area contributed by atoms with Crippen LogP contribution in [0.15, 0.2) is 18.2 Å². The van der Waals surface area contributed by atoms with Crippen LogP contribution in [0.4, 0.5) is 8.78 Å². The maximum Gasteiger partial charge on any atom is 0.244 e. The zero-order valence-electron chi connectivity index (χ0n) is 11.5. The lowest BCUT2D eigenvalue weighted by atomic mass is 9.94. The largest absolute Gasteiger partial charge is 0.312 e. The van der Waals surface area contributed by atoms with Crippen molar-refractivity contribution in [3.05, 3.63) is 46.8 Å². The van der Waals surface area contributed by atoms with Crippen molar-refractivity contribution >= 4 is 0 Å². The van der Waals surface area contributed by atoms with Crippen LogP contribution < -0.4 is 0 Å². The molecular weight excluding hydrogens is 246 g/mol. The minimum absolute atomic E-state index is 0.0474. The third-order valence-electron chi connectivity index (χ3n) is 3.77. The van der Waals surface area contributed by atoms with Gasteiger partial charge in [0.15, 0.2) is 0 Å². The third kappa shape index (κ3) is 2.76. The Morgan fingerprint density at radius 1 is 1.26 bits per heavy atom. The van der Waals surface area contributed by atoms with E-state index in [9.17, 15) is 8.78 Å². The van der Waals surface area contributed by atoms with E-state index in [4.69, 9.17) is 6.57 Å². The van der Waals surface area contributed by atoms with E-state index in [1.807, 2.05) is 0 Å². The van der Waals surface area contributed by atoms with Crippen LogP contribution in [0.5, 0.6) is 0 Å². The van der Waals surface area contributed by atoms with Crippen molar-refractivity contribution in [1.29, 1.82) is 0 Å². The molecule has 19 heavy (non-hydrogen) atoms. The fourth-order valence-electron chi connectivity index (χ4n) is 2.57. The Labute approximate surface area is 112 Å². The van der Waals surface area contributed by atoms with Crippen LogP contribution in [0.3, 0.4) is 0 Å². The van der Waals surface area contributed by atoms with Crippen molar-refractivity contribution < 1.29 is 8.78 Å². The Morgan fingerprint density at radius 3 is 2.47 bits per heavy atom. The first kappa shape index (κ1) is 14.0. The minimum atomic E-state index is -0.578. The first-order valence-corrected chi connectivity index (χ1v) is 6.39. The zero-order valence-corrected chi connectivity index (χ0v) is 11.5. The predicted molar refractivity (Wildman–Crippen MR) is 70.8 cm³/mol. The standard InChI is InChI=1S/C15H18F2N2/c1-15(2,3)19-8-12(14(9-19)18-4)11-6-5-10(16)7-13(11)17/h5-7,12,14H,8-9H2,1-3H3/t12-,14?/m0/s1. The van der Waals surface area contributed by atoms with E-state index in [0.717, 1.165) is 6.07 Å². The fraction of sp³-hybridized carbons (Fsp3) is 0.533. The molecule has 2 atom stereocenters. The van der Waals surface area contributed by atoms with Gasteiger partial charge in [0.05, 0.1) is 12.5 Å². The quantitative estimate of drug-likeness (QED) is 0.705. The molecule has 1 aliphatic heterocycles. The van der Waals surface area contributed by atoms with Crippen LogP contribution in [0.1, 0.15) is 32.3 Å². The average molecular weight is 264 g/mol. The molecule has 0 bridgehead atoms. The molecule has 102 valence electrons. The van der Waals surface area contributed by atoms with E-state index < -0.39 is 11.6 Å².